The molecule has 2 N–H and O–H groups in total. The molecule has 1 aliphatic heterocycles. The van der Waals surface area contributed by atoms with Gasteiger partial charge in [0.05, 0.1) is 13.7 Å². The molecule has 2 fully saturated rings. The average Bonchev–Trinajstić information content (AvgIpc) is 3.01. The van der Waals surface area contributed by atoms with Gasteiger partial charge in [0, 0.05) is 17.6 Å². The van der Waals surface area contributed by atoms with Gasteiger partial charge in [0.25, 0.3) is 5.88 Å². The van der Waals surface area contributed by atoms with E-state index in [9.17, 15) is 0 Å². The number of nitrogens with one attached hydrogen (secondary N) is 2. The minimum Gasteiger partial charge on any atom is -0.479 e. The lowest BCUT2D eigenvalue weighted by Gasteiger charge is -2.29. The first-order chi connectivity index (χ1) is 8.32. The van der Waals surface area contributed by atoms with Crippen LogP contribution in [0.5, 0.6) is 5.88 Å². The lowest BCUT2D eigenvalue weighted by atomic mass is 9.93. The largest absolute Gasteiger partial charge is 0.479 e. The van der Waals surface area contributed by atoms with Gasteiger partial charge in [-0.25, -0.2) is 0 Å². The van der Waals surface area contributed by atoms with Crippen molar-refractivity contribution in [3.05, 3.63) is 11.8 Å². The van der Waals surface area contributed by atoms with Crippen LogP contribution in [0.15, 0.2) is 10.6 Å². The Labute approximate surface area is 101 Å². The molecule has 0 spiro atoms. The molecule has 0 amide bonds. The summed E-state index contributed by atoms with van der Waals surface area (Å²) in [5.74, 6) is 1.39. The normalized spacial score (nSPS) is 31.7. The highest BCUT2D eigenvalue weighted by Gasteiger charge is 2.45. The summed E-state index contributed by atoms with van der Waals surface area (Å²) in [6.07, 6.45) is 5.07. The zero-order valence-corrected chi connectivity index (χ0v) is 10.2. The van der Waals surface area contributed by atoms with E-state index >= 15 is 0 Å². The molecule has 0 bridgehead atoms. The highest BCUT2D eigenvalue weighted by atomic mass is 16.5. The monoisotopic (exact) mass is 237 g/mol. The minimum absolute atomic E-state index is 0.278. The Balaban J connectivity index is 1.63. The van der Waals surface area contributed by atoms with Crippen LogP contribution < -0.4 is 15.4 Å². The Kier molecular flexibility index (Phi) is 2.80. The van der Waals surface area contributed by atoms with E-state index in [1.807, 2.05) is 6.07 Å². The zero-order valence-electron chi connectivity index (χ0n) is 10.2. The molecule has 2 atom stereocenters. The smallest absolute Gasteiger partial charge is 0.254 e. The van der Waals surface area contributed by atoms with Crippen LogP contribution >= 0.6 is 0 Å². The standard InChI is InChI=1S/C12H19N3O2/c1-16-11-7-9(17-15-11)8-14-12-4-2-3-10(12)13-6-5-12/h7,10,13-14H,2-6,8H2,1H3. The topological polar surface area (TPSA) is 59.3 Å². The van der Waals surface area contributed by atoms with E-state index in [4.69, 9.17) is 9.26 Å². The van der Waals surface area contributed by atoms with Crippen LogP contribution in [-0.2, 0) is 6.54 Å². The molecule has 1 saturated heterocycles. The summed E-state index contributed by atoms with van der Waals surface area (Å²) in [4.78, 5) is 0. The molecular weight excluding hydrogens is 218 g/mol. The summed E-state index contributed by atoms with van der Waals surface area (Å²) in [5, 5.41) is 11.0. The second-order valence-electron chi connectivity index (χ2n) is 4.99. The lowest BCUT2D eigenvalue weighted by molar-refractivity contribution is 0.284. The minimum atomic E-state index is 0.278. The van der Waals surface area contributed by atoms with Crippen molar-refractivity contribution < 1.29 is 9.26 Å². The van der Waals surface area contributed by atoms with Gasteiger partial charge in [0.1, 0.15) is 0 Å². The molecule has 2 unspecified atom stereocenters. The van der Waals surface area contributed by atoms with Gasteiger partial charge in [-0.1, -0.05) is 0 Å². The van der Waals surface area contributed by atoms with Gasteiger partial charge < -0.3 is 19.9 Å². The molecule has 2 heterocycles. The summed E-state index contributed by atoms with van der Waals surface area (Å²) in [6, 6.07) is 2.48. The number of ether oxygens (including phenoxy) is 1. The molecule has 0 radical (unpaired) electrons. The average molecular weight is 237 g/mol. The zero-order chi connectivity index (χ0) is 11.7. The molecule has 94 valence electrons. The number of hydrogen-bond donors (Lipinski definition) is 2. The van der Waals surface area contributed by atoms with Gasteiger partial charge >= 0.3 is 0 Å². The van der Waals surface area contributed by atoms with Crippen molar-refractivity contribution in [1.82, 2.24) is 15.8 Å². The highest BCUT2D eigenvalue weighted by Crippen LogP contribution is 2.36. The molecule has 1 aliphatic carbocycles. The number of methoxy groups -OCH3 is 1. The summed E-state index contributed by atoms with van der Waals surface area (Å²) < 4.78 is 10.2. The van der Waals surface area contributed by atoms with Crippen LogP contribution in [0.2, 0.25) is 0 Å². The fourth-order valence-electron chi connectivity index (χ4n) is 3.17. The van der Waals surface area contributed by atoms with E-state index in [1.54, 1.807) is 7.11 Å². The van der Waals surface area contributed by atoms with Crippen LogP contribution in [0, 0.1) is 0 Å². The van der Waals surface area contributed by atoms with Gasteiger partial charge in [-0.05, 0) is 37.4 Å². The Morgan fingerprint density at radius 1 is 1.65 bits per heavy atom. The summed E-state index contributed by atoms with van der Waals surface area (Å²) in [5.41, 5.74) is 0.278. The molecule has 1 aromatic rings. The van der Waals surface area contributed by atoms with E-state index in [0.29, 0.717) is 11.9 Å². The molecule has 17 heavy (non-hydrogen) atoms. The Morgan fingerprint density at radius 3 is 3.41 bits per heavy atom. The number of fused-ring (bicyclic) bond motifs is 1. The maximum absolute atomic E-state index is 5.20. The van der Waals surface area contributed by atoms with Gasteiger partial charge in [-0.3, -0.25) is 0 Å². The van der Waals surface area contributed by atoms with E-state index < -0.39 is 0 Å². The number of nitrogens with zero attached hydrogens (tertiary/aromatic N) is 1. The molecule has 1 saturated carbocycles. The molecule has 5 nitrogen and oxygen atoms in total. The van der Waals surface area contributed by atoms with Gasteiger partial charge in [0.2, 0.25) is 0 Å². The number of aromatic nitrogens is 1. The number of hydrogen-bond acceptors (Lipinski definition) is 5. The van der Waals surface area contributed by atoms with E-state index in [-0.39, 0.29) is 5.54 Å². The van der Waals surface area contributed by atoms with Crippen molar-refractivity contribution in [1.29, 1.82) is 0 Å². The van der Waals surface area contributed by atoms with Crippen molar-refractivity contribution in [3.63, 3.8) is 0 Å². The van der Waals surface area contributed by atoms with Crippen LogP contribution in [0.1, 0.15) is 31.4 Å². The molecule has 3 rings (SSSR count). The van der Waals surface area contributed by atoms with Crippen molar-refractivity contribution >= 4 is 0 Å². The molecular formula is C12H19N3O2. The van der Waals surface area contributed by atoms with Crippen molar-refractivity contribution in [2.24, 2.45) is 0 Å². The van der Waals surface area contributed by atoms with E-state index in [2.05, 4.69) is 15.8 Å². The van der Waals surface area contributed by atoms with Crippen LogP contribution in [0.4, 0.5) is 0 Å². The maximum Gasteiger partial charge on any atom is 0.254 e. The highest BCUT2D eigenvalue weighted by molar-refractivity contribution is 5.13. The molecule has 1 aromatic heterocycles. The molecule has 0 aromatic carbocycles. The van der Waals surface area contributed by atoms with Crippen molar-refractivity contribution in [3.8, 4) is 5.88 Å². The first kappa shape index (κ1) is 11.0. The first-order valence-corrected chi connectivity index (χ1v) is 6.30. The molecule has 2 aliphatic rings. The third-order valence-electron chi connectivity index (χ3n) is 4.11. The quantitative estimate of drug-likeness (QED) is 0.820. The van der Waals surface area contributed by atoms with Crippen molar-refractivity contribution in [2.45, 2.75) is 43.8 Å². The summed E-state index contributed by atoms with van der Waals surface area (Å²) in [6.45, 7) is 1.85. The lowest BCUT2D eigenvalue weighted by Crippen LogP contribution is -2.49. The van der Waals surface area contributed by atoms with Crippen LogP contribution in [0.25, 0.3) is 0 Å². The first-order valence-electron chi connectivity index (χ1n) is 6.30. The predicted octanol–water partition coefficient (Wildman–Crippen LogP) is 1.06. The van der Waals surface area contributed by atoms with Crippen LogP contribution in [-0.4, -0.2) is 30.4 Å². The third kappa shape index (κ3) is 1.93. The van der Waals surface area contributed by atoms with Gasteiger partial charge in [-0.2, -0.15) is 0 Å². The van der Waals surface area contributed by atoms with Gasteiger partial charge in [0.15, 0.2) is 5.76 Å². The maximum atomic E-state index is 5.20. The SMILES string of the molecule is COc1cc(CNC23CCCC2NCC3)on1. The van der Waals surface area contributed by atoms with E-state index in [0.717, 1.165) is 18.8 Å². The fourth-order valence-corrected chi connectivity index (χ4v) is 3.17. The summed E-state index contributed by atoms with van der Waals surface area (Å²) >= 11 is 0. The Hall–Kier alpha value is -1.07. The Morgan fingerprint density at radius 2 is 2.59 bits per heavy atom. The van der Waals surface area contributed by atoms with Crippen LogP contribution in [0.3, 0.4) is 0 Å². The summed E-state index contributed by atoms with van der Waals surface area (Å²) in [7, 11) is 1.60. The third-order valence-corrected chi connectivity index (χ3v) is 4.11. The van der Waals surface area contributed by atoms with Crippen molar-refractivity contribution in [2.75, 3.05) is 13.7 Å². The predicted molar refractivity (Wildman–Crippen MR) is 62.9 cm³/mol. The molecule has 5 heteroatoms. The second-order valence-corrected chi connectivity index (χ2v) is 4.99. The van der Waals surface area contributed by atoms with E-state index in [1.165, 1.54) is 25.7 Å². The fraction of sp³-hybridized carbons (Fsp3) is 0.750. The second kappa shape index (κ2) is 4.31. The Bertz CT molecular complexity index is 381. The van der Waals surface area contributed by atoms with Gasteiger partial charge in [-0.15, -0.1) is 0 Å². The number of rotatable bonds is 4.